The molecule has 1 unspecified atom stereocenters. The smallest absolute Gasteiger partial charge is 0.282 e. The van der Waals surface area contributed by atoms with Crippen LogP contribution in [0.15, 0.2) is 9.15 Å². The van der Waals surface area contributed by atoms with Crippen LogP contribution in [-0.4, -0.2) is 20.5 Å². The maximum absolute atomic E-state index is 5.06. The number of aryl methyl sites for hydroxylation is 1. The van der Waals surface area contributed by atoms with E-state index >= 15 is 0 Å². The quantitative estimate of drug-likeness (QED) is 0.792. The summed E-state index contributed by atoms with van der Waals surface area (Å²) >= 11 is 0. The number of aromatic nitrogens is 4. The number of hydrogen-bond donors (Lipinski definition) is 0. The van der Waals surface area contributed by atoms with Crippen molar-refractivity contribution in [2.24, 2.45) is 5.92 Å². The lowest BCUT2D eigenvalue weighted by atomic mass is 9.93. The summed E-state index contributed by atoms with van der Waals surface area (Å²) in [5, 5.41) is 11.5. The highest BCUT2D eigenvalue weighted by Gasteiger charge is 2.24. The molecule has 2 aromatic heterocycles. The normalized spacial score (nSPS) is 13.3. The van der Waals surface area contributed by atoms with Gasteiger partial charge in [-0.25, -0.2) is 4.63 Å². The van der Waals surface area contributed by atoms with Gasteiger partial charge in [0.25, 0.3) is 5.89 Å². The van der Waals surface area contributed by atoms with Gasteiger partial charge >= 0.3 is 0 Å². The predicted molar refractivity (Wildman–Crippen MR) is 55.6 cm³/mol. The van der Waals surface area contributed by atoms with Crippen LogP contribution in [0.5, 0.6) is 0 Å². The molecule has 0 aliphatic heterocycles. The van der Waals surface area contributed by atoms with E-state index in [1.54, 1.807) is 6.92 Å². The fourth-order valence-corrected chi connectivity index (χ4v) is 1.35. The SMILES string of the molecule is Cc1noc(-c2nonc2C(C)C(C)C)n1. The number of nitrogens with zero attached hydrogens (tertiary/aromatic N) is 4. The molecule has 0 aromatic carbocycles. The molecule has 2 aromatic rings. The van der Waals surface area contributed by atoms with E-state index in [1.165, 1.54) is 0 Å². The summed E-state index contributed by atoms with van der Waals surface area (Å²) in [5.74, 6) is 1.60. The Morgan fingerprint density at radius 3 is 2.38 bits per heavy atom. The average molecular weight is 222 g/mol. The van der Waals surface area contributed by atoms with E-state index in [0.717, 1.165) is 5.69 Å². The van der Waals surface area contributed by atoms with E-state index in [0.29, 0.717) is 23.3 Å². The van der Waals surface area contributed by atoms with Gasteiger partial charge in [0.15, 0.2) is 11.5 Å². The van der Waals surface area contributed by atoms with Crippen LogP contribution >= 0.6 is 0 Å². The number of rotatable bonds is 3. The van der Waals surface area contributed by atoms with Gasteiger partial charge < -0.3 is 4.52 Å². The molecular formula is C10H14N4O2. The third-order valence-electron chi connectivity index (χ3n) is 2.68. The summed E-state index contributed by atoms with van der Waals surface area (Å²) in [4.78, 5) is 4.12. The van der Waals surface area contributed by atoms with Gasteiger partial charge in [0.05, 0.1) is 0 Å². The standard InChI is InChI=1S/C10H14N4O2/c1-5(2)6(3)8-9(14-16-13-8)10-11-7(4)12-15-10/h5-6H,1-4H3. The van der Waals surface area contributed by atoms with Crippen molar-refractivity contribution in [3.8, 4) is 11.6 Å². The van der Waals surface area contributed by atoms with Crippen molar-refractivity contribution in [1.29, 1.82) is 0 Å². The molecule has 0 amide bonds. The topological polar surface area (TPSA) is 77.8 Å². The minimum absolute atomic E-state index is 0.230. The van der Waals surface area contributed by atoms with Crippen molar-refractivity contribution in [3.05, 3.63) is 11.5 Å². The van der Waals surface area contributed by atoms with Gasteiger partial charge in [0.2, 0.25) is 0 Å². The minimum Gasteiger partial charge on any atom is -0.332 e. The fraction of sp³-hybridized carbons (Fsp3) is 0.600. The molecule has 0 saturated heterocycles. The number of hydrogen-bond acceptors (Lipinski definition) is 6. The zero-order valence-corrected chi connectivity index (χ0v) is 9.76. The largest absolute Gasteiger partial charge is 0.332 e. The van der Waals surface area contributed by atoms with Gasteiger partial charge in [-0.15, -0.1) is 0 Å². The molecule has 6 nitrogen and oxygen atoms in total. The molecule has 0 spiro atoms. The second-order valence-electron chi connectivity index (χ2n) is 4.18. The summed E-state index contributed by atoms with van der Waals surface area (Å²) in [6.07, 6.45) is 0. The van der Waals surface area contributed by atoms with E-state index in [-0.39, 0.29) is 5.92 Å². The first-order valence-electron chi connectivity index (χ1n) is 5.22. The molecule has 0 radical (unpaired) electrons. The molecular weight excluding hydrogens is 208 g/mol. The Kier molecular flexibility index (Phi) is 2.72. The molecule has 0 bridgehead atoms. The molecule has 0 N–H and O–H groups in total. The van der Waals surface area contributed by atoms with Crippen LogP contribution in [0.3, 0.4) is 0 Å². The predicted octanol–water partition coefficient (Wildman–Crippen LogP) is 2.19. The summed E-state index contributed by atoms with van der Waals surface area (Å²) in [6.45, 7) is 8.05. The second-order valence-corrected chi connectivity index (χ2v) is 4.18. The highest BCUT2D eigenvalue weighted by molar-refractivity contribution is 5.49. The Labute approximate surface area is 93.0 Å². The van der Waals surface area contributed by atoms with Crippen LogP contribution in [0.25, 0.3) is 11.6 Å². The van der Waals surface area contributed by atoms with Gasteiger partial charge in [-0.2, -0.15) is 4.98 Å². The van der Waals surface area contributed by atoms with Crippen molar-refractivity contribution in [2.75, 3.05) is 0 Å². The lowest BCUT2D eigenvalue weighted by molar-refractivity contribution is 0.298. The van der Waals surface area contributed by atoms with Crippen LogP contribution in [-0.2, 0) is 0 Å². The van der Waals surface area contributed by atoms with Gasteiger partial charge in [0, 0.05) is 5.92 Å². The zero-order valence-electron chi connectivity index (χ0n) is 9.76. The van der Waals surface area contributed by atoms with Crippen molar-refractivity contribution in [1.82, 2.24) is 20.5 Å². The Morgan fingerprint density at radius 2 is 1.81 bits per heavy atom. The minimum atomic E-state index is 0.230. The van der Waals surface area contributed by atoms with Crippen LogP contribution in [0.2, 0.25) is 0 Å². The zero-order chi connectivity index (χ0) is 11.7. The van der Waals surface area contributed by atoms with E-state index in [4.69, 9.17) is 9.15 Å². The highest BCUT2D eigenvalue weighted by atomic mass is 16.6. The fourth-order valence-electron chi connectivity index (χ4n) is 1.35. The van der Waals surface area contributed by atoms with Crippen molar-refractivity contribution in [2.45, 2.75) is 33.6 Å². The van der Waals surface area contributed by atoms with Crippen molar-refractivity contribution >= 4 is 0 Å². The molecule has 0 aliphatic carbocycles. The Bertz CT molecular complexity index is 475. The maximum atomic E-state index is 5.06. The van der Waals surface area contributed by atoms with Gasteiger partial charge in [-0.1, -0.05) is 31.1 Å². The summed E-state index contributed by atoms with van der Waals surface area (Å²) in [7, 11) is 0. The molecule has 86 valence electrons. The monoisotopic (exact) mass is 222 g/mol. The highest BCUT2D eigenvalue weighted by Crippen LogP contribution is 2.29. The van der Waals surface area contributed by atoms with Crippen molar-refractivity contribution < 1.29 is 9.15 Å². The molecule has 0 fully saturated rings. The average Bonchev–Trinajstić information content (AvgIpc) is 2.83. The summed E-state index contributed by atoms with van der Waals surface area (Å²) in [5.41, 5.74) is 1.31. The second kappa shape index (κ2) is 4.03. The first kappa shape index (κ1) is 10.8. The van der Waals surface area contributed by atoms with Gasteiger partial charge in [0.1, 0.15) is 5.69 Å². The Morgan fingerprint density at radius 1 is 1.06 bits per heavy atom. The third kappa shape index (κ3) is 1.82. The maximum Gasteiger partial charge on any atom is 0.282 e. The third-order valence-corrected chi connectivity index (χ3v) is 2.68. The molecule has 2 heterocycles. The van der Waals surface area contributed by atoms with Crippen molar-refractivity contribution in [3.63, 3.8) is 0 Å². The van der Waals surface area contributed by atoms with Crippen LogP contribution in [0.1, 0.15) is 38.2 Å². The molecule has 1 atom stereocenters. The van der Waals surface area contributed by atoms with E-state index in [2.05, 4.69) is 41.2 Å². The first-order valence-corrected chi connectivity index (χ1v) is 5.22. The lowest BCUT2D eigenvalue weighted by Gasteiger charge is -2.11. The first-order chi connectivity index (χ1) is 7.59. The van der Waals surface area contributed by atoms with E-state index in [1.807, 2.05) is 0 Å². The molecule has 16 heavy (non-hydrogen) atoms. The van der Waals surface area contributed by atoms with Gasteiger partial charge in [-0.05, 0) is 18.0 Å². The van der Waals surface area contributed by atoms with Crippen LogP contribution < -0.4 is 0 Å². The summed E-state index contributed by atoms with van der Waals surface area (Å²) < 4.78 is 9.81. The van der Waals surface area contributed by atoms with E-state index in [9.17, 15) is 0 Å². The van der Waals surface area contributed by atoms with Crippen LogP contribution in [0.4, 0.5) is 0 Å². The Hall–Kier alpha value is -1.72. The molecule has 0 saturated carbocycles. The Balaban J connectivity index is 2.39. The van der Waals surface area contributed by atoms with E-state index < -0.39 is 0 Å². The molecule has 6 heteroatoms. The summed E-state index contributed by atoms with van der Waals surface area (Å²) in [6, 6.07) is 0. The lowest BCUT2D eigenvalue weighted by Crippen LogP contribution is -2.04. The van der Waals surface area contributed by atoms with Crippen LogP contribution in [0, 0.1) is 12.8 Å². The molecule has 0 aliphatic rings. The van der Waals surface area contributed by atoms with Gasteiger partial charge in [-0.3, -0.25) is 0 Å². The molecule has 2 rings (SSSR count).